The molecule has 0 aliphatic heterocycles. The summed E-state index contributed by atoms with van der Waals surface area (Å²) in [4.78, 5) is 9.70. The number of carboxylic acid groups (broad SMARTS) is 1. The minimum Gasteiger partial charge on any atom is -0.550 e. The highest BCUT2D eigenvalue weighted by Crippen LogP contribution is 1.95. The van der Waals surface area contributed by atoms with Gasteiger partial charge in [0.05, 0.1) is 0 Å². The molecule has 0 unspecified atom stereocenters. The molecule has 14 heavy (non-hydrogen) atoms. The molecule has 0 fully saturated rings. The van der Waals surface area contributed by atoms with E-state index in [4.69, 9.17) is 0 Å². The van der Waals surface area contributed by atoms with E-state index in [1.54, 1.807) is 0 Å². The van der Waals surface area contributed by atoms with Crippen LogP contribution in [0.15, 0.2) is 30.3 Å². The largest absolute Gasteiger partial charge is 0.550 e. The number of hydrogen-bond donors (Lipinski definition) is 0. The molecule has 1 aromatic rings. The molecule has 0 amide bonds. The van der Waals surface area contributed by atoms with Crippen molar-refractivity contribution in [3.8, 4) is 0 Å². The number of carboxylic acids is 1. The summed E-state index contributed by atoms with van der Waals surface area (Å²) in [7, 11) is 0. The van der Waals surface area contributed by atoms with Crippen molar-refractivity contribution < 1.29 is 9.90 Å². The molecule has 0 spiro atoms. The van der Waals surface area contributed by atoms with Crippen LogP contribution in [0.4, 0.5) is 0 Å². The summed E-state index contributed by atoms with van der Waals surface area (Å²) in [6.07, 6.45) is 0.167. The molecule has 0 N–H and O–H groups in total. The third kappa shape index (κ3) is 8.78. The van der Waals surface area contributed by atoms with E-state index in [1.807, 2.05) is 32.0 Å². The topological polar surface area (TPSA) is 40.1 Å². The van der Waals surface area contributed by atoms with E-state index >= 15 is 0 Å². The first-order valence-electron chi connectivity index (χ1n) is 4.74. The van der Waals surface area contributed by atoms with Gasteiger partial charge in [-0.05, 0) is 19.3 Å². The van der Waals surface area contributed by atoms with Gasteiger partial charge in [0.2, 0.25) is 0 Å². The fourth-order valence-electron chi connectivity index (χ4n) is 0.868. The van der Waals surface area contributed by atoms with Crippen LogP contribution in [0.25, 0.3) is 0 Å². The molecule has 1 aromatic carbocycles. The molecule has 0 atom stereocenters. The molecular formula is C12H17O2-. The molecule has 0 radical (unpaired) electrons. The van der Waals surface area contributed by atoms with Gasteiger partial charge in [-0.3, -0.25) is 0 Å². The lowest BCUT2D eigenvalue weighted by Gasteiger charge is -2.02. The number of aryl methyl sites for hydroxylation is 1. The van der Waals surface area contributed by atoms with Gasteiger partial charge in [0.25, 0.3) is 0 Å². The van der Waals surface area contributed by atoms with E-state index in [1.165, 1.54) is 5.56 Å². The van der Waals surface area contributed by atoms with Crippen molar-refractivity contribution in [2.24, 2.45) is 5.92 Å². The van der Waals surface area contributed by atoms with Crippen LogP contribution in [0.3, 0.4) is 0 Å². The highest BCUT2D eigenvalue weighted by atomic mass is 16.4. The van der Waals surface area contributed by atoms with Crippen LogP contribution in [0.2, 0.25) is 0 Å². The van der Waals surface area contributed by atoms with E-state index in [0.717, 1.165) is 0 Å². The Labute approximate surface area is 85.6 Å². The molecule has 78 valence electrons. The van der Waals surface area contributed by atoms with E-state index in [0.29, 0.717) is 0 Å². The third-order valence-electron chi connectivity index (χ3n) is 1.52. The second-order valence-electron chi connectivity index (χ2n) is 3.62. The fourth-order valence-corrected chi connectivity index (χ4v) is 0.868. The van der Waals surface area contributed by atoms with E-state index in [2.05, 4.69) is 19.1 Å². The van der Waals surface area contributed by atoms with E-state index in [-0.39, 0.29) is 12.3 Å². The zero-order valence-corrected chi connectivity index (χ0v) is 8.99. The van der Waals surface area contributed by atoms with E-state index < -0.39 is 5.97 Å². The molecule has 0 bridgehead atoms. The van der Waals surface area contributed by atoms with Gasteiger partial charge in [0.1, 0.15) is 0 Å². The molecule has 2 nitrogen and oxygen atoms in total. The lowest BCUT2D eigenvalue weighted by atomic mass is 10.1. The Kier molecular flexibility index (Phi) is 6.46. The van der Waals surface area contributed by atoms with Gasteiger partial charge < -0.3 is 9.90 Å². The summed E-state index contributed by atoms with van der Waals surface area (Å²) < 4.78 is 0. The van der Waals surface area contributed by atoms with Crippen LogP contribution in [0.1, 0.15) is 25.8 Å². The Bertz CT molecular complexity index is 252. The highest BCUT2D eigenvalue weighted by Gasteiger charge is 1.90. The van der Waals surface area contributed by atoms with Crippen molar-refractivity contribution in [1.82, 2.24) is 0 Å². The molecule has 2 heteroatoms. The number of aliphatic carboxylic acids is 1. The van der Waals surface area contributed by atoms with Crippen molar-refractivity contribution in [1.29, 1.82) is 0 Å². The number of carbonyl (C=O) groups is 1. The monoisotopic (exact) mass is 193 g/mol. The van der Waals surface area contributed by atoms with Crippen LogP contribution >= 0.6 is 0 Å². The normalized spacial score (nSPS) is 9.14. The summed E-state index contributed by atoms with van der Waals surface area (Å²) in [5.74, 6) is -0.750. The molecule has 0 saturated carbocycles. The minimum atomic E-state index is -0.963. The summed E-state index contributed by atoms with van der Waals surface area (Å²) in [6.45, 7) is 5.77. The zero-order valence-electron chi connectivity index (χ0n) is 8.99. The Morgan fingerprint density at radius 2 is 1.79 bits per heavy atom. The molecule has 1 rings (SSSR count). The Hall–Kier alpha value is -1.31. The van der Waals surface area contributed by atoms with Gasteiger partial charge in [0, 0.05) is 5.97 Å². The lowest BCUT2D eigenvalue weighted by Crippen LogP contribution is -2.23. The van der Waals surface area contributed by atoms with Crippen LogP contribution in [-0.4, -0.2) is 5.97 Å². The SMILES string of the molecule is CC(C)CC(=O)[O-].Cc1ccccc1. The second kappa shape index (κ2) is 7.13. The maximum Gasteiger partial charge on any atom is 0.0416 e. The predicted molar refractivity (Wildman–Crippen MR) is 55.6 cm³/mol. The second-order valence-corrected chi connectivity index (χ2v) is 3.62. The maximum absolute atomic E-state index is 9.70. The minimum absolute atomic E-state index is 0.167. The lowest BCUT2D eigenvalue weighted by molar-refractivity contribution is -0.306. The standard InChI is InChI=1S/C7H8.C5H10O2/c1-7-5-3-2-4-6-7;1-4(2)3-5(6)7/h2-6H,1H3;4H,3H2,1-2H3,(H,6,7)/p-1. The first-order valence-corrected chi connectivity index (χ1v) is 4.74. The third-order valence-corrected chi connectivity index (χ3v) is 1.52. The molecular weight excluding hydrogens is 176 g/mol. The zero-order chi connectivity index (χ0) is 11.0. The molecule has 0 aliphatic rings. The number of carbonyl (C=O) groups excluding carboxylic acids is 1. The first kappa shape index (κ1) is 12.7. The van der Waals surface area contributed by atoms with Gasteiger partial charge in [-0.25, -0.2) is 0 Å². The molecule has 0 heterocycles. The Balaban J connectivity index is 0.000000241. The van der Waals surface area contributed by atoms with Gasteiger partial charge >= 0.3 is 0 Å². The Morgan fingerprint density at radius 3 is 1.93 bits per heavy atom. The molecule has 0 aromatic heterocycles. The highest BCUT2D eigenvalue weighted by molar-refractivity contribution is 5.64. The van der Waals surface area contributed by atoms with E-state index in [9.17, 15) is 9.90 Å². The van der Waals surface area contributed by atoms with Crippen LogP contribution in [-0.2, 0) is 4.79 Å². The van der Waals surface area contributed by atoms with Crippen molar-refractivity contribution in [2.45, 2.75) is 27.2 Å². The average molecular weight is 193 g/mol. The molecule has 0 saturated heterocycles. The smallest absolute Gasteiger partial charge is 0.0416 e. The summed E-state index contributed by atoms with van der Waals surface area (Å²) in [6, 6.07) is 10.3. The predicted octanol–water partition coefficient (Wildman–Crippen LogP) is 1.78. The van der Waals surface area contributed by atoms with Crippen LogP contribution in [0, 0.1) is 12.8 Å². The quantitative estimate of drug-likeness (QED) is 0.718. The van der Waals surface area contributed by atoms with Crippen LogP contribution < -0.4 is 5.11 Å². The number of hydrogen-bond acceptors (Lipinski definition) is 2. The van der Waals surface area contributed by atoms with Crippen molar-refractivity contribution >= 4 is 5.97 Å². The molecule has 0 aliphatic carbocycles. The number of benzene rings is 1. The van der Waals surface area contributed by atoms with Gasteiger partial charge in [0.15, 0.2) is 0 Å². The van der Waals surface area contributed by atoms with Crippen molar-refractivity contribution in [3.63, 3.8) is 0 Å². The average Bonchev–Trinajstić information content (AvgIpc) is 2.03. The van der Waals surface area contributed by atoms with Crippen molar-refractivity contribution in [3.05, 3.63) is 35.9 Å². The summed E-state index contributed by atoms with van der Waals surface area (Å²) in [5, 5.41) is 9.70. The van der Waals surface area contributed by atoms with Gasteiger partial charge in [-0.1, -0.05) is 49.7 Å². The van der Waals surface area contributed by atoms with Gasteiger partial charge in [-0.15, -0.1) is 0 Å². The summed E-state index contributed by atoms with van der Waals surface area (Å²) in [5.41, 5.74) is 1.32. The summed E-state index contributed by atoms with van der Waals surface area (Å²) >= 11 is 0. The maximum atomic E-state index is 9.70. The Morgan fingerprint density at radius 1 is 1.29 bits per heavy atom. The first-order chi connectivity index (χ1) is 6.52. The van der Waals surface area contributed by atoms with Gasteiger partial charge in [-0.2, -0.15) is 0 Å². The fraction of sp³-hybridized carbons (Fsp3) is 0.417. The van der Waals surface area contributed by atoms with Crippen LogP contribution in [0.5, 0.6) is 0 Å². The number of rotatable bonds is 2. The van der Waals surface area contributed by atoms with Crippen molar-refractivity contribution in [2.75, 3.05) is 0 Å².